The molecule has 0 saturated carbocycles. The molecule has 6 nitrogen and oxygen atoms in total. The second-order valence-electron chi connectivity index (χ2n) is 7.34. The molecule has 0 bridgehead atoms. The van der Waals surface area contributed by atoms with Gasteiger partial charge in [-0.3, -0.25) is 9.59 Å². The maximum absolute atomic E-state index is 13.1. The second-order valence-corrected chi connectivity index (χ2v) is 7.34. The van der Waals surface area contributed by atoms with Crippen molar-refractivity contribution in [3.63, 3.8) is 0 Å². The van der Waals surface area contributed by atoms with Crippen LogP contribution >= 0.6 is 0 Å². The summed E-state index contributed by atoms with van der Waals surface area (Å²) in [6.07, 6.45) is 0. The number of anilines is 2. The van der Waals surface area contributed by atoms with E-state index < -0.39 is 11.5 Å². The summed E-state index contributed by atoms with van der Waals surface area (Å²) in [5.74, 6) is -0.598. The minimum Gasteiger partial charge on any atom is -0.466 e. The Bertz CT molecular complexity index is 923. The van der Waals surface area contributed by atoms with E-state index in [2.05, 4.69) is 10.2 Å². The highest BCUT2D eigenvalue weighted by Gasteiger charge is 2.49. The number of halogens is 1. The molecule has 1 fully saturated rings. The number of fused-ring (bicyclic) bond motifs is 1. The Morgan fingerprint density at radius 1 is 1.11 bits per heavy atom. The van der Waals surface area contributed by atoms with Gasteiger partial charge in [0.15, 0.2) is 0 Å². The summed E-state index contributed by atoms with van der Waals surface area (Å²) >= 11 is 0. The SMILES string of the molecule is Cc1ccc2c(c1)NC(=O)C(C)(C(=O)N1CCN(c3ccc(F)cc3)CC1)O2. The normalized spacial score (nSPS) is 21.6. The molecule has 2 heterocycles. The molecule has 1 saturated heterocycles. The lowest BCUT2D eigenvalue weighted by Gasteiger charge is -2.41. The predicted molar refractivity (Wildman–Crippen MR) is 104 cm³/mol. The Morgan fingerprint density at radius 3 is 2.46 bits per heavy atom. The molecule has 2 aliphatic rings. The van der Waals surface area contributed by atoms with Crippen LogP contribution in [0.4, 0.5) is 15.8 Å². The van der Waals surface area contributed by atoms with Gasteiger partial charge in [-0.25, -0.2) is 4.39 Å². The lowest BCUT2D eigenvalue weighted by Crippen LogP contribution is -2.62. The number of hydrogen-bond acceptors (Lipinski definition) is 4. The molecule has 0 aromatic heterocycles. The van der Waals surface area contributed by atoms with E-state index in [-0.39, 0.29) is 11.7 Å². The number of aryl methyl sites for hydroxylation is 1. The monoisotopic (exact) mass is 383 g/mol. The Kier molecular flexibility index (Phi) is 4.45. The highest BCUT2D eigenvalue weighted by Crippen LogP contribution is 2.35. The van der Waals surface area contributed by atoms with Gasteiger partial charge >= 0.3 is 0 Å². The largest absolute Gasteiger partial charge is 0.466 e. The van der Waals surface area contributed by atoms with Gasteiger partial charge in [-0.1, -0.05) is 6.07 Å². The zero-order valence-electron chi connectivity index (χ0n) is 15.9. The number of ether oxygens (including phenoxy) is 1. The minimum atomic E-state index is -1.60. The first-order chi connectivity index (χ1) is 13.4. The van der Waals surface area contributed by atoms with Crippen LogP contribution in [0.2, 0.25) is 0 Å². The van der Waals surface area contributed by atoms with E-state index in [1.807, 2.05) is 19.1 Å². The zero-order valence-corrected chi connectivity index (χ0v) is 15.9. The van der Waals surface area contributed by atoms with Crippen LogP contribution in [0, 0.1) is 12.7 Å². The van der Waals surface area contributed by atoms with E-state index in [1.54, 1.807) is 23.1 Å². The van der Waals surface area contributed by atoms with Gasteiger partial charge in [0, 0.05) is 31.9 Å². The van der Waals surface area contributed by atoms with Crippen LogP contribution in [0.3, 0.4) is 0 Å². The average molecular weight is 383 g/mol. The van der Waals surface area contributed by atoms with Crippen molar-refractivity contribution >= 4 is 23.2 Å². The molecule has 2 amide bonds. The van der Waals surface area contributed by atoms with Crippen LogP contribution in [0.5, 0.6) is 5.75 Å². The summed E-state index contributed by atoms with van der Waals surface area (Å²) in [6.45, 7) is 5.56. The number of nitrogens with one attached hydrogen (secondary N) is 1. The summed E-state index contributed by atoms with van der Waals surface area (Å²) < 4.78 is 19.0. The summed E-state index contributed by atoms with van der Waals surface area (Å²) in [5, 5.41) is 2.79. The van der Waals surface area contributed by atoms with Gasteiger partial charge in [0.05, 0.1) is 5.69 Å². The smallest absolute Gasteiger partial charge is 0.278 e. The number of benzene rings is 2. The van der Waals surface area contributed by atoms with Crippen LogP contribution in [0.1, 0.15) is 12.5 Å². The van der Waals surface area contributed by atoms with Crippen molar-refractivity contribution in [2.75, 3.05) is 36.4 Å². The molecule has 146 valence electrons. The molecular weight excluding hydrogens is 361 g/mol. The second kappa shape index (κ2) is 6.82. The number of carbonyl (C=O) groups is 2. The molecule has 2 aromatic carbocycles. The number of nitrogens with zero attached hydrogens (tertiary/aromatic N) is 2. The van der Waals surface area contributed by atoms with Crippen molar-refractivity contribution in [3.8, 4) is 5.75 Å². The highest BCUT2D eigenvalue weighted by molar-refractivity contribution is 6.15. The van der Waals surface area contributed by atoms with Crippen LogP contribution in [0.25, 0.3) is 0 Å². The van der Waals surface area contributed by atoms with Gasteiger partial charge in [0.25, 0.3) is 17.4 Å². The number of amides is 2. The van der Waals surface area contributed by atoms with Crippen molar-refractivity contribution in [1.29, 1.82) is 0 Å². The lowest BCUT2D eigenvalue weighted by atomic mass is 9.99. The first-order valence-corrected chi connectivity index (χ1v) is 9.28. The standard InChI is InChI=1S/C21H22FN3O3/c1-14-3-8-18-17(13-14)23-19(26)21(2,28-18)20(27)25-11-9-24(10-12-25)16-6-4-15(22)5-7-16/h3-8,13H,9-12H2,1-2H3,(H,23,26). The van der Waals surface area contributed by atoms with Crippen molar-refractivity contribution in [2.24, 2.45) is 0 Å². The van der Waals surface area contributed by atoms with Crippen molar-refractivity contribution in [1.82, 2.24) is 4.90 Å². The fourth-order valence-electron chi connectivity index (χ4n) is 3.60. The topological polar surface area (TPSA) is 61.9 Å². The third-order valence-electron chi connectivity index (χ3n) is 5.30. The molecule has 1 unspecified atom stereocenters. The number of rotatable bonds is 2. The quantitative estimate of drug-likeness (QED) is 0.810. The van der Waals surface area contributed by atoms with E-state index in [0.717, 1.165) is 11.3 Å². The van der Waals surface area contributed by atoms with E-state index >= 15 is 0 Å². The van der Waals surface area contributed by atoms with Gasteiger partial charge in [-0.2, -0.15) is 0 Å². The first-order valence-electron chi connectivity index (χ1n) is 9.28. The number of piperazine rings is 1. The maximum atomic E-state index is 13.1. The zero-order chi connectivity index (χ0) is 19.9. The third-order valence-corrected chi connectivity index (χ3v) is 5.30. The molecule has 1 atom stereocenters. The van der Waals surface area contributed by atoms with Gasteiger partial charge < -0.3 is 19.9 Å². The van der Waals surface area contributed by atoms with Crippen LogP contribution in [-0.2, 0) is 9.59 Å². The van der Waals surface area contributed by atoms with E-state index in [1.165, 1.54) is 19.1 Å². The van der Waals surface area contributed by atoms with Crippen LogP contribution in [-0.4, -0.2) is 48.5 Å². The van der Waals surface area contributed by atoms with Gasteiger partial charge in [-0.05, 0) is 55.8 Å². The third kappa shape index (κ3) is 3.17. The fraction of sp³-hybridized carbons (Fsp3) is 0.333. The minimum absolute atomic E-state index is 0.276. The van der Waals surface area contributed by atoms with Crippen molar-refractivity contribution < 1.29 is 18.7 Å². The molecule has 28 heavy (non-hydrogen) atoms. The first kappa shape index (κ1) is 18.3. The molecule has 0 spiro atoms. The van der Waals surface area contributed by atoms with Crippen molar-refractivity contribution in [2.45, 2.75) is 19.4 Å². The summed E-state index contributed by atoms with van der Waals surface area (Å²) in [5.41, 5.74) is 0.891. The molecule has 7 heteroatoms. The van der Waals surface area contributed by atoms with Gasteiger partial charge in [0.2, 0.25) is 0 Å². The molecule has 0 aliphatic carbocycles. The van der Waals surface area contributed by atoms with E-state index in [4.69, 9.17) is 4.74 Å². The molecule has 4 rings (SSSR count). The Labute approximate surface area is 162 Å². The summed E-state index contributed by atoms with van der Waals surface area (Å²) in [7, 11) is 0. The van der Waals surface area contributed by atoms with Gasteiger partial charge in [0.1, 0.15) is 11.6 Å². The number of carbonyl (C=O) groups excluding carboxylic acids is 2. The highest BCUT2D eigenvalue weighted by atomic mass is 19.1. The van der Waals surface area contributed by atoms with Crippen LogP contribution < -0.4 is 15.0 Å². The fourth-order valence-corrected chi connectivity index (χ4v) is 3.60. The summed E-state index contributed by atoms with van der Waals surface area (Å²) in [6, 6.07) is 11.8. The maximum Gasteiger partial charge on any atom is 0.278 e. The molecule has 1 N–H and O–H groups in total. The molecule has 0 radical (unpaired) electrons. The average Bonchev–Trinajstić information content (AvgIpc) is 2.69. The van der Waals surface area contributed by atoms with Crippen molar-refractivity contribution in [3.05, 3.63) is 53.8 Å². The van der Waals surface area contributed by atoms with E-state index in [0.29, 0.717) is 37.6 Å². The summed E-state index contributed by atoms with van der Waals surface area (Å²) in [4.78, 5) is 29.5. The predicted octanol–water partition coefficient (Wildman–Crippen LogP) is 2.57. The number of hydrogen-bond donors (Lipinski definition) is 1. The van der Waals surface area contributed by atoms with E-state index in [9.17, 15) is 14.0 Å². The lowest BCUT2D eigenvalue weighted by molar-refractivity contribution is -0.154. The Hall–Kier alpha value is -3.09. The van der Waals surface area contributed by atoms with Gasteiger partial charge in [-0.15, -0.1) is 0 Å². The molecular formula is C21H22FN3O3. The molecule has 2 aromatic rings. The Morgan fingerprint density at radius 2 is 1.79 bits per heavy atom. The Balaban J connectivity index is 1.46. The van der Waals surface area contributed by atoms with Crippen LogP contribution in [0.15, 0.2) is 42.5 Å². The molecule has 2 aliphatic heterocycles.